The molecule has 0 saturated carbocycles. The van der Waals surface area contributed by atoms with Gasteiger partial charge in [-0.2, -0.15) is 0 Å². The summed E-state index contributed by atoms with van der Waals surface area (Å²) in [7, 11) is 2.47. The Hall–Kier alpha value is -3.10. The number of aldehydes is 1. The first-order chi connectivity index (χ1) is 13.9. The molecule has 0 radical (unpaired) electrons. The quantitative estimate of drug-likeness (QED) is 0.488. The SMILES string of the molecule is COC(=O)c1c(NC(=O)C(CC(C)C)NC(=O)OC(C)(C)C)ccc(C=O)c1OC. The number of esters is 1. The zero-order valence-electron chi connectivity index (χ0n) is 18.5. The predicted octanol–water partition coefficient (Wildman–Crippen LogP) is 3.17. The molecule has 1 aromatic rings. The number of carbonyl (C=O) groups is 4. The zero-order valence-corrected chi connectivity index (χ0v) is 18.5. The number of nitrogens with one attached hydrogen (secondary N) is 2. The molecule has 0 spiro atoms. The van der Waals surface area contributed by atoms with Gasteiger partial charge in [0.2, 0.25) is 5.91 Å². The molecule has 1 unspecified atom stereocenters. The lowest BCUT2D eigenvalue weighted by molar-refractivity contribution is -0.118. The van der Waals surface area contributed by atoms with Crippen molar-refractivity contribution in [2.75, 3.05) is 19.5 Å². The average Bonchev–Trinajstić information content (AvgIpc) is 2.64. The van der Waals surface area contributed by atoms with Crippen molar-refractivity contribution in [2.45, 2.75) is 52.7 Å². The van der Waals surface area contributed by atoms with Crippen molar-refractivity contribution in [3.63, 3.8) is 0 Å². The van der Waals surface area contributed by atoms with Crippen LogP contribution in [0.15, 0.2) is 12.1 Å². The highest BCUT2D eigenvalue weighted by atomic mass is 16.6. The smallest absolute Gasteiger partial charge is 0.408 e. The molecule has 1 rings (SSSR count). The Kier molecular flexibility index (Phi) is 8.82. The second kappa shape index (κ2) is 10.6. The van der Waals surface area contributed by atoms with Gasteiger partial charge in [0.25, 0.3) is 0 Å². The molecule has 0 aliphatic carbocycles. The third-order valence-corrected chi connectivity index (χ3v) is 3.88. The second-order valence-electron chi connectivity index (χ2n) is 8.04. The average molecular weight is 422 g/mol. The van der Waals surface area contributed by atoms with E-state index in [9.17, 15) is 19.2 Å². The first-order valence-corrected chi connectivity index (χ1v) is 9.48. The first kappa shape index (κ1) is 24.9. The Morgan fingerprint density at radius 1 is 1.13 bits per heavy atom. The van der Waals surface area contributed by atoms with E-state index in [0.717, 1.165) is 0 Å². The van der Waals surface area contributed by atoms with Gasteiger partial charge in [0.05, 0.1) is 25.5 Å². The fraction of sp³-hybridized carbons (Fsp3) is 0.524. The van der Waals surface area contributed by atoms with E-state index in [4.69, 9.17) is 14.2 Å². The number of amides is 2. The highest BCUT2D eigenvalue weighted by Crippen LogP contribution is 2.31. The molecule has 0 aliphatic heterocycles. The third-order valence-electron chi connectivity index (χ3n) is 3.88. The van der Waals surface area contributed by atoms with Crippen molar-refractivity contribution in [1.82, 2.24) is 5.32 Å². The minimum absolute atomic E-state index is 0.0184. The first-order valence-electron chi connectivity index (χ1n) is 9.48. The van der Waals surface area contributed by atoms with Gasteiger partial charge >= 0.3 is 12.1 Å². The molecular formula is C21H30N2O7. The number of benzene rings is 1. The highest BCUT2D eigenvalue weighted by molar-refractivity contribution is 6.06. The Morgan fingerprint density at radius 3 is 2.23 bits per heavy atom. The summed E-state index contributed by atoms with van der Waals surface area (Å²) in [6.45, 7) is 8.95. The van der Waals surface area contributed by atoms with E-state index < -0.39 is 29.6 Å². The van der Waals surface area contributed by atoms with Crippen molar-refractivity contribution in [2.24, 2.45) is 5.92 Å². The molecule has 0 aliphatic rings. The summed E-state index contributed by atoms with van der Waals surface area (Å²) in [5.74, 6) is -1.27. The lowest BCUT2D eigenvalue weighted by Gasteiger charge is -2.24. The molecular weight excluding hydrogens is 392 g/mol. The summed E-state index contributed by atoms with van der Waals surface area (Å²) in [4.78, 5) is 48.6. The van der Waals surface area contributed by atoms with Crippen LogP contribution in [0.1, 0.15) is 61.8 Å². The fourth-order valence-corrected chi connectivity index (χ4v) is 2.69. The summed E-state index contributed by atoms with van der Waals surface area (Å²) in [6.07, 6.45) is 0.135. The fourth-order valence-electron chi connectivity index (χ4n) is 2.69. The van der Waals surface area contributed by atoms with Gasteiger partial charge < -0.3 is 24.8 Å². The van der Waals surface area contributed by atoms with E-state index in [0.29, 0.717) is 12.7 Å². The van der Waals surface area contributed by atoms with Crippen LogP contribution in [0, 0.1) is 5.92 Å². The summed E-state index contributed by atoms with van der Waals surface area (Å²) in [5, 5.41) is 5.18. The van der Waals surface area contributed by atoms with E-state index in [2.05, 4.69) is 10.6 Å². The number of carbonyl (C=O) groups excluding carboxylic acids is 4. The molecule has 9 nitrogen and oxygen atoms in total. The number of methoxy groups -OCH3 is 2. The second-order valence-corrected chi connectivity index (χ2v) is 8.04. The summed E-state index contributed by atoms with van der Waals surface area (Å²) >= 11 is 0. The van der Waals surface area contributed by atoms with E-state index in [1.807, 2.05) is 13.8 Å². The van der Waals surface area contributed by atoms with Gasteiger partial charge in [-0.1, -0.05) is 13.8 Å². The van der Waals surface area contributed by atoms with Crippen molar-refractivity contribution in [3.8, 4) is 5.75 Å². The Bertz CT molecular complexity index is 797. The van der Waals surface area contributed by atoms with Crippen LogP contribution < -0.4 is 15.4 Å². The van der Waals surface area contributed by atoms with E-state index in [1.165, 1.54) is 26.4 Å². The van der Waals surface area contributed by atoms with Crippen LogP contribution in [0.4, 0.5) is 10.5 Å². The largest absolute Gasteiger partial charge is 0.495 e. The number of anilines is 1. The number of ether oxygens (including phenoxy) is 3. The summed E-state index contributed by atoms with van der Waals surface area (Å²) in [5.41, 5.74) is -0.604. The minimum Gasteiger partial charge on any atom is -0.495 e. The third kappa shape index (κ3) is 7.06. The van der Waals surface area contributed by atoms with Gasteiger partial charge in [0.15, 0.2) is 6.29 Å². The molecule has 0 heterocycles. The van der Waals surface area contributed by atoms with Crippen LogP contribution in [0.2, 0.25) is 0 Å². The standard InChI is InChI=1S/C21H30N2O7/c1-12(2)10-15(23-20(27)30-21(3,4)5)18(25)22-14-9-8-13(11-24)17(28-6)16(14)19(26)29-7/h8-9,11-12,15H,10H2,1-7H3,(H,22,25)(H,23,27). The number of rotatable bonds is 8. The van der Waals surface area contributed by atoms with Crippen molar-refractivity contribution < 1.29 is 33.4 Å². The minimum atomic E-state index is -0.915. The molecule has 2 N–H and O–H groups in total. The Labute approximate surface area is 176 Å². The Balaban J connectivity index is 3.23. The Morgan fingerprint density at radius 2 is 1.77 bits per heavy atom. The molecule has 2 amide bonds. The molecule has 1 atom stereocenters. The van der Waals surface area contributed by atoms with Crippen LogP contribution in [-0.2, 0) is 14.3 Å². The normalized spacial score (nSPS) is 12.0. The van der Waals surface area contributed by atoms with Gasteiger partial charge in [-0.05, 0) is 45.2 Å². The van der Waals surface area contributed by atoms with E-state index in [-0.39, 0.29) is 28.5 Å². The van der Waals surface area contributed by atoms with Gasteiger partial charge in [-0.15, -0.1) is 0 Å². The molecule has 1 aromatic carbocycles. The molecule has 0 bridgehead atoms. The molecule has 30 heavy (non-hydrogen) atoms. The van der Waals surface area contributed by atoms with Crippen LogP contribution in [0.5, 0.6) is 5.75 Å². The number of alkyl carbamates (subject to hydrolysis) is 1. The van der Waals surface area contributed by atoms with E-state index >= 15 is 0 Å². The lowest BCUT2D eigenvalue weighted by atomic mass is 10.0. The zero-order chi connectivity index (χ0) is 23.1. The van der Waals surface area contributed by atoms with E-state index in [1.54, 1.807) is 20.8 Å². The summed E-state index contributed by atoms with van der Waals surface area (Å²) in [6, 6.07) is 1.89. The summed E-state index contributed by atoms with van der Waals surface area (Å²) < 4.78 is 15.2. The van der Waals surface area contributed by atoms with Crippen LogP contribution in [0.3, 0.4) is 0 Å². The molecule has 0 fully saturated rings. The number of hydrogen-bond acceptors (Lipinski definition) is 7. The van der Waals surface area contributed by atoms with Gasteiger partial charge in [0, 0.05) is 0 Å². The topological polar surface area (TPSA) is 120 Å². The van der Waals surface area contributed by atoms with Crippen molar-refractivity contribution in [3.05, 3.63) is 23.3 Å². The monoisotopic (exact) mass is 422 g/mol. The molecule has 0 saturated heterocycles. The van der Waals surface area contributed by atoms with Crippen molar-refractivity contribution in [1.29, 1.82) is 0 Å². The van der Waals surface area contributed by atoms with Gasteiger partial charge in [-0.3, -0.25) is 9.59 Å². The molecule has 0 aromatic heterocycles. The lowest BCUT2D eigenvalue weighted by Crippen LogP contribution is -2.46. The maximum atomic E-state index is 12.9. The van der Waals surface area contributed by atoms with Crippen LogP contribution in [-0.4, -0.2) is 50.1 Å². The molecule has 166 valence electrons. The van der Waals surface area contributed by atoms with Crippen LogP contribution in [0.25, 0.3) is 0 Å². The van der Waals surface area contributed by atoms with Gasteiger partial charge in [0.1, 0.15) is 23.0 Å². The maximum Gasteiger partial charge on any atom is 0.408 e. The predicted molar refractivity (Wildman–Crippen MR) is 111 cm³/mol. The maximum absolute atomic E-state index is 12.9. The molecule has 9 heteroatoms. The highest BCUT2D eigenvalue weighted by Gasteiger charge is 2.28. The van der Waals surface area contributed by atoms with Crippen molar-refractivity contribution >= 4 is 29.9 Å². The number of hydrogen-bond donors (Lipinski definition) is 2. The van der Waals surface area contributed by atoms with Gasteiger partial charge in [-0.25, -0.2) is 9.59 Å². The van der Waals surface area contributed by atoms with Crippen LogP contribution >= 0.6 is 0 Å².